The van der Waals surface area contributed by atoms with Crippen molar-refractivity contribution in [2.45, 2.75) is 20.8 Å². The fourth-order valence-corrected chi connectivity index (χ4v) is 1.46. The molecule has 0 radical (unpaired) electrons. The first-order valence-corrected chi connectivity index (χ1v) is 6.65. The molecular formula is C15H23NO4. The molecule has 0 aliphatic heterocycles. The van der Waals surface area contributed by atoms with Crippen molar-refractivity contribution in [3.8, 4) is 0 Å². The average Bonchev–Trinajstić information content (AvgIpc) is 2.44. The summed E-state index contributed by atoms with van der Waals surface area (Å²) in [4.78, 5) is 22.8. The van der Waals surface area contributed by atoms with Crippen molar-refractivity contribution in [3.05, 3.63) is 35.9 Å². The summed E-state index contributed by atoms with van der Waals surface area (Å²) in [5.74, 6) is -1.08. The molecule has 0 bridgehead atoms. The topological polar surface area (TPSA) is 66.8 Å². The SMILES string of the molecule is CC(=O)O.CCN(CC)CCOC(=O)c1ccccc1. The van der Waals surface area contributed by atoms with Gasteiger partial charge in [-0.05, 0) is 25.2 Å². The molecule has 1 rings (SSSR count). The number of benzene rings is 1. The van der Waals surface area contributed by atoms with E-state index in [-0.39, 0.29) is 5.97 Å². The molecule has 0 spiro atoms. The van der Waals surface area contributed by atoms with Gasteiger partial charge in [0.05, 0.1) is 5.56 Å². The summed E-state index contributed by atoms with van der Waals surface area (Å²) in [7, 11) is 0. The van der Waals surface area contributed by atoms with E-state index in [0.29, 0.717) is 12.2 Å². The summed E-state index contributed by atoms with van der Waals surface area (Å²) < 4.78 is 5.18. The minimum absolute atomic E-state index is 0.243. The molecule has 0 heterocycles. The zero-order valence-electron chi connectivity index (χ0n) is 12.3. The average molecular weight is 281 g/mol. The first kappa shape index (κ1) is 18.1. The highest BCUT2D eigenvalue weighted by Crippen LogP contribution is 2.00. The Hall–Kier alpha value is -1.88. The number of hydrogen-bond donors (Lipinski definition) is 1. The molecule has 20 heavy (non-hydrogen) atoms. The summed E-state index contributed by atoms with van der Waals surface area (Å²) in [6, 6.07) is 9.08. The summed E-state index contributed by atoms with van der Waals surface area (Å²) >= 11 is 0. The molecule has 0 unspecified atom stereocenters. The zero-order valence-corrected chi connectivity index (χ0v) is 12.3. The van der Waals surface area contributed by atoms with Gasteiger partial charge in [-0.15, -0.1) is 0 Å². The number of esters is 1. The van der Waals surface area contributed by atoms with Crippen molar-refractivity contribution >= 4 is 11.9 Å². The Labute approximate surface area is 120 Å². The largest absolute Gasteiger partial charge is 0.481 e. The van der Waals surface area contributed by atoms with Crippen LogP contribution in [0.1, 0.15) is 31.1 Å². The first-order chi connectivity index (χ1) is 9.51. The number of hydrogen-bond acceptors (Lipinski definition) is 4. The van der Waals surface area contributed by atoms with Gasteiger partial charge >= 0.3 is 5.97 Å². The van der Waals surface area contributed by atoms with Crippen LogP contribution in [0, 0.1) is 0 Å². The Morgan fingerprint density at radius 2 is 1.65 bits per heavy atom. The van der Waals surface area contributed by atoms with Gasteiger partial charge in [-0.1, -0.05) is 32.0 Å². The van der Waals surface area contributed by atoms with Gasteiger partial charge in [0.1, 0.15) is 6.61 Å². The number of likely N-dealkylation sites (N-methyl/N-ethyl adjacent to an activating group) is 1. The fraction of sp³-hybridized carbons (Fsp3) is 0.467. The Morgan fingerprint density at radius 1 is 1.15 bits per heavy atom. The highest BCUT2D eigenvalue weighted by atomic mass is 16.5. The van der Waals surface area contributed by atoms with Crippen LogP contribution in [-0.4, -0.2) is 48.2 Å². The zero-order chi connectivity index (χ0) is 15.4. The Kier molecular flexibility index (Phi) is 9.96. The van der Waals surface area contributed by atoms with E-state index >= 15 is 0 Å². The van der Waals surface area contributed by atoms with Crippen molar-refractivity contribution in [2.24, 2.45) is 0 Å². The number of nitrogens with zero attached hydrogens (tertiary/aromatic N) is 1. The predicted molar refractivity (Wildman–Crippen MR) is 77.8 cm³/mol. The molecule has 0 saturated carbocycles. The van der Waals surface area contributed by atoms with E-state index in [1.807, 2.05) is 18.2 Å². The molecule has 1 N–H and O–H groups in total. The molecule has 0 fully saturated rings. The molecule has 0 saturated heterocycles. The van der Waals surface area contributed by atoms with E-state index in [4.69, 9.17) is 14.6 Å². The highest BCUT2D eigenvalue weighted by molar-refractivity contribution is 5.89. The third kappa shape index (κ3) is 9.10. The number of ether oxygens (including phenoxy) is 1. The molecule has 112 valence electrons. The maximum Gasteiger partial charge on any atom is 0.338 e. The minimum atomic E-state index is -0.833. The van der Waals surface area contributed by atoms with Crippen LogP contribution in [0.3, 0.4) is 0 Å². The maximum absolute atomic E-state index is 11.6. The van der Waals surface area contributed by atoms with E-state index in [2.05, 4.69) is 18.7 Å². The van der Waals surface area contributed by atoms with Crippen LogP contribution >= 0.6 is 0 Å². The highest BCUT2D eigenvalue weighted by Gasteiger charge is 2.06. The lowest BCUT2D eigenvalue weighted by molar-refractivity contribution is -0.134. The second kappa shape index (κ2) is 11.0. The number of aliphatic carboxylic acids is 1. The molecule has 0 aliphatic rings. The quantitative estimate of drug-likeness (QED) is 0.810. The Balaban J connectivity index is 0.000000796. The van der Waals surface area contributed by atoms with Gasteiger partial charge in [-0.25, -0.2) is 4.79 Å². The first-order valence-electron chi connectivity index (χ1n) is 6.65. The summed E-state index contributed by atoms with van der Waals surface area (Å²) in [5, 5.41) is 7.42. The van der Waals surface area contributed by atoms with Crippen molar-refractivity contribution in [1.82, 2.24) is 4.90 Å². The maximum atomic E-state index is 11.6. The van der Waals surface area contributed by atoms with E-state index in [1.165, 1.54) is 0 Å². The summed E-state index contributed by atoms with van der Waals surface area (Å²) in [5.41, 5.74) is 0.613. The van der Waals surface area contributed by atoms with Crippen molar-refractivity contribution in [3.63, 3.8) is 0 Å². The second-order valence-corrected chi connectivity index (χ2v) is 4.05. The van der Waals surface area contributed by atoms with Crippen LogP contribution in [0.25, 0.3) is 0 Å². The summed E-state index contributed by atoms with van der Waals surface area (Å²) in [6.45, 7) is 8.50. The van der Waals surface area contributed by atoms with Crippen molar-refractivity contribution in [1.29, 1.82) is 0 Å². The molecule has 0 atom stereocenters. The van der Waals surface area contributed by atoms with Crippen LogP contribution < -0.4 is 0 Å². The standard InChI is InChI=1S/C13H19NO2.C2H4O2/c1-3-14(4-2)10-11-16-13(15)12-8-6-5-7-9-12;1-2(3)4/h5-9H,3-4,10-11H2,1-2H3;1H3,(H,3,4). The normalized spacial score (nSPS) is 9.60. The van der Waals surface area contributed by atoms with E-state index in [9.17, 15) is 4.79 Å². The molecule has 1 aromatic rings. The molecule has 5 nitrogen and oxygen atoms in total. The van der Waals surface area contributed by atoms with E-state index < -0.39 is 5.97 Å². The Bertz CT molecular complexity index is 384. The van der Waals surface area contributed by atoms with Crippen LogP contribution in [0.4, 0.5) is 0 Å². The number of carboxylic acids is 1. The molecule has 5 heteroatoms. The third-order valence-corrected chi connectivity index (χ3v) is 2.54. The summed E-state index contributed by atoms with van der Waals surface area (Å²) in [6.07, 6.45) is 0. The van der Waals surface area contributed by atoms with E-state index in [0.717, 1.165) is 26.6 Å². The van der Waals surface area contributed by atoms with Crippen LogP contribution in [0.5, 0.6) is 0 Å². The van der Waals surface area contributed by atoms with Gasteiger partial charge < -0.3 is 14.7 Å². The lowest BCUT2D eigenvalue weighted by Gasteiger charge is -2.17. The molecule has 1 aromatic carbocycles. The molecule has 0 amide bonds. The van der Waals surface area contributed by atoms with Gasteiger partial charge in [0.25, 0.3) is 5.97 Å². The lowest BCUT2D eigenvalue weighted by atomic mass is 10.2. The van der Waals surface area contributed by atoms with Gasteiger partial charge in [-0.2, -0.15) is 0 Å². The van der Waals surface area contributed by atoms with Crippen LogP contribution in [0.2, 0.25) is 0 Å². The second-order valence-electron chi connectivity index (χ2n) is 4.05. The predicted octanol–water partition coefficient (Wildman–Crippen LogP) is 2.28. The number of carboxylic acid groups (broad SMARTS) is 1. The van der Waals surface area contributed by atoms with E-state index in [1.54, 1.807) is 12.1 Å². The van der Waals surface area contributed by atoms with Gasteiger partial charge in [0.15, 0.2) is 0 Å². The monoisotopic (exact) mass is 281 g/mol. The van der Waals surface area contributed by atoms with Gasteiger partial charge in [0, 0.05) is 13.5 Å². The molecular weight excluding hydrogens is 258 g/mol. The Morgan fingerprint density at radius 3 is 2.10 bits per heavy atom. The van der Waals surface area contributed by atoms with Crippen LogP contribution in [0.15, 0.2) is 30.3 Å². The lowest BCUT2D eigenvalue weighted by Crippen LogP contribution is -2.27. The molecule has 0 aliphatic carbocycles. The minimum Gasteiger partial charge on any atom is -0.481 e. The van der Waals surface area contributed by atoms with Crippen LogP contribution in [-0.2, 0) is 9.53 Å². The van der Waals surface area contributed by atoms with Gasteiger partial charge in [0.2, 0.25) is 0 Å². The van der Waals surface area contributed by atoms with Gasteiger partial charge in [-0.3, -0.25) is 4.79 Å². The smallest absolute Gasteiger partial charge is 0.338 e. The van der Waals surface area contributed by atoms with Crippen molar-refractivity contribution < 1.29 is 19.4 Å². The number of carbonyl (C=O) groups excluding carboxylic acids is 1. The number of carbonyl (C=O) groups is 2. The third-order valence-electron chi connectivity index (χ3n) is 2.54. The molecule has 0 aromatic heterocycles. The fourth-order valence-electron chi connectivity index (χ4n) is 1.46. The number of rotatable bonds is 6. The van der Waals surface area contributed by atoms with Crippen molar-refractivity contribution in [2.75, 3.05) is 26.2 Å².